The predicted molar refractivity (Wildman–Crippen MR) is 80.9 cm³/mol. The maximum Gasteiger partial charge on any atom is 0.256 e. The van der Waals surface area contributed by atoms with Gasteiger partial charge in [0.25, 0.3) is 5.91 Å². The van der Waals surface area contributed by atoms with Crippen LogP contribution in [0.1, 0.15) is 21.5 Å². The Morgan fingerprint density at radius 3 is 2.55 bits per heavy atom. The van der Waals surface area contributed by atoms with Gasteiger partial charge in [0.05, 0.1) is 5.56 Å². The van der Waals surface area contributed by atoms with Crippen molar-refractivity contribution >= 4 is 11.6 Å². The molecule has 2 aromatic rings. The number of nitrogens with zero attached hydrogens (tertiary/aromatic N) is 1. The number of hydrogen-bond donors (Lipinski definition) is 1. The Hall–Kier alpha value is -2.29. The SMILES string of the molecule is CNc1ccccc1C(=O)N1CCc2ccccc2C1. The molecule has 20 heavy (non-hydrogen) atoms. The summed E-state index contributed by atoms with van der Waals surface area (Å²) in [6, 6.07) is 16.0. The van der Waals surface area contributed by atoms with E-state index in [-0.39, 0.29) is 5.91 Å². The van der Waals surface area contributed by atoms with Crippen LogP contribution in [-0.4, -0.2) is 24.4 Å². The number of carbonyl (C=O) groups excluding carboxylic acids is 1. The van der Waals surface area contributed by atoms with Crippen LogP contribution in [0.25, 0.3) is 0 Å². The normalized spacial score (nSPS) is 13.8. The van der Waals surface area contributed by atoms with Crippen LogP contribution >= 0.6 is 0 Å². The van der Waals surface area contributed by atoms with Gasteiger partial charge in [-0.05, 0) is 29.7 Å². The summed E-state index contributed by atoms with van der Waals surface area (Å²) in [6.07, 6.45) is 0.934. The second-order valence-corrected chi connectivity index (χ2v) is 5.04. The fourth-order valence-corrected chi connectivity index (χ4v) is 2.73. The van der Waals surface area contributed by atoms with Crippen LogP contribution in [-0.2, 0) is 13.0 Å². The first-order chi connectivity index (χ1) is 9.79. The summed E-state index contributed by atoms with van der Waals surface area (Å²) in [5.74, 6) is 0.101. The molecule has 102 valence electrons. The molecule has 0 saturated carbocycles. The summed E-state index contributed by atoms with van der Waals surface area (Å²) in [4.78, 5) is 14.6. The summed E-state index contributed by atoms with van der Waals surface area (Å²) < 4.78 is 0. The lowest BCUT2D eigenvalue weighted by atomic mass is 9.99. The third kappa shape index (κ3) is 2.27. The lowest BCUT2D eigenvalue weighted by Crippen LogP contribution is -2.36. The van der Waals surface area contributed by atoms with Crippen LogP contribution in [0.15, 0.2) is 48.5 Å². The van der Waals surface area contributed by atoms with E-state index in [0.717, 1.165) is 24.2 Å². The lowest BCUT2D eigenvalue weighted by molar-refractivity contribution is 0.0735. The Balaban J connectivity index is 1.86. The first-order valence-corrected chi connectivity index (χ1v) is 6.92. The zero-order chi connectivity index (χ0) is 13.9. The Labute approximate surface area is 119 Å². The van der Waals surface area contributed by atoms with Crippen molar-refractivity contribution in [1.82, 2.24) is 4.90 Å². The van der Waals surface area contributed by atoms with Gasteiger partial charge in [-0.2, -0.15) is 0 Å². The highest BCUT2D eigenvalue weighted by Gasteiger charge is 2.22. The number of hydrogen-bond acceptors (Lipinski definition) is 2. The van der Waals surface area contributed by atoms with E-state index in [4.69, 9.17) is 0 Å². The summed E-state index contributed by atoms with van der Waals surface area (Å²) in [5.41, 5.74) is 4.25. The summed E-state index contributed by atoms with van der Waals surface area (Å²) in [5, 5.41) is 3.09. The molecule has 0 saturated heterocycles. The molecule has 2 aromatic carbocycles. The van der Waals surface area contributed by atoms with Crippen LogP contribution in [0.5, 0.6) is 0 Å². The first-order valence-electron chi connectivity index (χ1n) is 6.92. The summed E-state index contributed by atoms with van der Waals surface area (Å²) in [6.45, 7) is 1.49. The van der Waals surface area contributed by atoms with Crippen LogP contribution in [0.4, 0.5) is 5.69 Å². The second-order valence-electron chi connectivity index (χ2n) is 5.04. The molecule has 1 heterocycles. The zero-order valence-electron chi connectivity index (χ0n) is 11.6. The molecule has 0 aliphatic carbocycles. The van der Waals surface area contributed by atoms with Crippen molar-refractivity contribution in [3.05, 3.63) is 65.2 Å². The molecule has 1 N–H and O–H groups in total. The predicted octanol–water partition coefficient (Wildman–Crippen LogP) is 2.93. The highest BCUT2D eigenvalue weighted by atomic mass is 16.2. The van der Waals surface area contributed by atoms with Crippen molar-refractivity contribution in [2.45, 2.75) is 13.0 Å². The van der Waals surface area contributed by atoms with Crippen molar-refractivity contribution in [3.63, 3.8) is 0 Å². The molecule has 3 heteroatoms. The molecule has 0 radical (unpaired) electrons. The number of para-hydroxylation sites is 1. The van der Waals surface area contributed by atoms with E-state index in [0.29, 0.717) is 6.54 Å². The van der Waals surface area contributed by atoms with Crippen molar-refractivity contribution in [2.75, 3.05) is 18.9 Å². The number of benzene rings is 2. The average Bonchev–Trinajstić information content (AvgIpc) is 2.53. The number of amides is 1. The van der Waals surface area contributed by atoms with Gasteiger partial charge in [0.1, 0.15) is 0 Å². The van der Waals surface area contributed by atoms with Gasteiger partial charge >= 0.3 is 0 Å². The topological polar surface area (TPSA) is 32.3 Å². The number of fused-ring (bicyclic) bond motifs is 1. The van der Waals surface area contributed by atoms with Crippen LogP contribution in [0.2, 0.25) is 0 Å². The number of carbonyl (C=O) groups is 1. The van der Waals surface area contributed by atoms with E-state index in [1.54, 1.807) is 0 Å². The van der Waals surface area contributed by atoms with Crippen LogP contribution < -0.4 is 5.32 Å². The minimum absolute atomic E-state index is 0.101. The van der Waals surface area contributed by atoms with Gasteiger partial charge in [0, 0.05) is 25.8 Å². The van der Waals surface area contributed by atoms with Gasteiger partial charge < -0.3 is 10.2 Å². The Bertz CT molecular complexity index is 636. The molecule has 3 nitrogen and oxygen atoms in total. The van der Waals surface area contributed by atoms with Gasteiger partial charge in [-0.1, -0.05) is 36.4 Å². The number of rotatable bonds is 2. The smallest absolute Gasteiger partial charge is 0.256 e. The number of anilines is 1. The maximum atomic E-state index is 12.7. The highest BCUT2D eigenvalue weighted by molar-refractivity contribution is 5.99. The summed E-state index contributed by atoms with van der Waals surface area (Å²) >= 11 is 0. The Morgan fingerprint density at radius 1 is 1.05 bits per heavy atom. The van der Waals surface area contributed by atoms with E-state index in [9.17, 15) is 4.79 Å². The fraction of sp³-hybridized carbons (Fsp3) is 0.235. The molecule has 0 unspecified atom stereocenters. The van der Waals surface area contributed by atoms with Gasteiger partial charge in [-0.3, -0.25) is 4.79 Å². The third-order valence-corrected chi connectivity index (χ3v) is 3.84. The molecular formula is C17H18N2O. The van der Waals surface area contributed by atoms with Crippen molar-refractivity contribution in [2.24, 2.45) is 0 Å². The molecule has 3 rings (SSSR count). The van der Waals surface area contributed by atoms with Crippen molar-refractivity contribution in [3.8, 4) is 0 Å². The third-order valence-electron chi connectivity index (χ3n) is 3.84. The molecular weight excluding hydrogens is 248 g/mol. The first kappa shape index (κ1) is 12.7. The molecule has 0 bridgehead atoms. The number of nitrogens with one attached hydrogen (secondary N) is 1. The largest absolute Gasteiger partial charge is 0.387 e. The monoisotopic (exact) mass is 266 g/mol. The molecule has 1 aliphatic heterocycles. The minimum Gasteiger partial charge on any atom is -0.387 e. The standard InChI is InChI=1S/C17H18N2O/c1-18-16-9-5-4-8-15(16)17(20)19-11-10-13-6-2-3-7-14(13)12-19/h2-9,18H,10-12H2,1H3. The van der Waals surface area contributed by atoms with Gasteiger partial charge in [-0.15, -0.1) is 0 Å². The average molecular weight is 266 g/mol. The van der Waals surface area contributed by atoms with Crippen LogP contribution in [0, 0.1) is 0 Å². The van der Waals surface area contributed by atoms with E-state index in [1.165, 1.54) is 11.1 Å². The van der Waals surface area contributed by atoms with Gasteiger partial charge in [-0.25, -0.2) is 0 Å². The molecule has 1 aliphatic rings. The van der Waals surface area contributed by atoms with Gasteiger partial charge in [0.2, 0.25) is 0 Å². The fourth-order valence-electron chi connectivity index (χ4n) is 2.73. The van der Waals surface area contributed by atoms with E-state index in [1.807, 2.05) is 42.3 Å². The molecule has 0 atom stereocenters. The molecule has 0 fully saturated rings. The van der Waals surface area contributed by atoms with Crippen LogP contribution in [0.3, 0.4) is 0 Å². The lowest BCUT2D eigenvalue weighted by Gasteiger charge is -2.29. The van der Waals surface area contributed by atoms with E-state index < -0.39 is 0 Å². The summed E-state index contributed by atoms with van der Waals surface area (Å²) in [7, 11) is 1.84. The van der Waals surface area contributed by atoms with Crippen molar-refractivity contribution in [1.29, 1.82) is 0 Å². The maximum absolute atomic E-state index is 12.7. The minimum atomic E-state index is 0.101. The molecule has 0 spiro atoms. The second kappa shape index (κ2) is 5.37. The molecule has 1 amide bonds. The quantitative estimate of drug-likeness (QED) is 0.906. The highest BCUT2D eigenvalue weighted by Crippen LogP contribution is 2.22. The Kier molecular flexibility index (Phi) is 3.42. The van der Waals surface area contributed by atoms with Crippen molar-refractivity contribution < 1.29 is 4.79 Å². The zero-order valence-corrected chi connectivity index (χ0v) is 11.6. The van der Waals surface area contributed by atoms with E-state index in [2.05, 4.69) is 23.5 Å². The Morgan fingerprint density at radius 2 is 1.75 bits per heavy atom. The van der Waals surface area contributed by atoms with E-state index >= 15 is 0 Å². The molecule has 0 aromatic heterocycles. The van der Waals surface area contributed by atoms with Gasteiger partial charge in [0.15, 0.2) is 0 Å².